The number of halogens is 1. The molecular weight excluding hydrogens is 225 g/mol. The Morgan fingerprint density at radius 2 is 2.18 bits per heavy atom. The molecule has 0 saturated heterocycles. The minimum absolute atomic E-state index is 0.108. The van der Waals surface area contributed by atoms with Gasteiger partial charge in [0.25, 0.3) is 5.69 Å². The Kier molecular flexibility index (Phi) is 4.84. The van der Waals surface area contributed by atoms with E-state index in [9.17, 15) is 14.5 Å². The molecule has 0 aliphatic heterocycles. The predicted molar refractivity (Wildman–Crippen MR) is 64.6 cm³/mol. The highest BCUT2D eigenvalue weighted by Crippen LogP contribution is 2.24. The van der Waals surface area contributed by atoms with Crippen LogP contribution in [0.3, 0.4) is 0 Å². The zero-order valence-electron chi connectivity index (χ0n) is 9.87. The summed E-state index contributed by atoms with van der Waals surface area (Å²) >= 11 is 0. The second kappa shape index (κ2) is 6.15. The van der Waals surface area contributed by atoms with E-state index in [1.807, 2.05) is 14.0 Å². The molecule has 1 rings (SSSR count). The molecule has 1 atom stereocenters. The number of anilines is 1. The van der Waals surface area contributed by atoms with Crippen molar-refractivity contribution in [3.8, 4) is 0 Å². The van der Waals surface area contributed by atoms with Gasteiger partial charge in [0.05, 0.1) is 4.92 Å². The van der Waals surface area contributed by atoms with Crippen LogP contribution in [0, 0.1) is 21.8 Å². The van der Waals surface area contributed by atoms with E-state index >= 15 is 0 Å². The molecule has 17 heavy (non-hydrogen) atoms. The Hall–Kier alpha value is -1.69. The summed E-state index contributed by atoms with van der Waals surface area (Å²) in [5.41, 5.74) is 0.112. The lowest BCUT2D eigenvalue weighted by Gasteiger charge is -2.13. The molecule has 1 aromatic rings. The molecule has 0 saturated carbocycles. The van der Waals surface area contributed by atoms with Gasteiger partial charge in [-0.3, -0.25) is 10.1 Å². The fourth-order valence-electron chi connectivity index (χ4n) is 1.51. The first kappa shape index (κ1) is 13.4. The SMILES string of the molecule is CNCC(C)CNc1cc(F)ccc1[N+](=O)[O-]. The van der Waals surface area contributed by atoms with Gasteiger partial charge in [0, 0.05) is 18.7 Å². The molecule has 94 valence electrons. The molecule has 0 aliphatic rings. The Morgan fingerprint density at radius 3 is 2.76 bits per heavy atom. The molecule has 5 nitrogen and oxygen atoms in total. The third-order valence-corrected chi connectivity index (χ3v) is 2.35. The van der Waals surface area contributed by atoms with E-state index in [0.29, 0.717) is 12.5 Å². The Labute approximate surface area is 99.2 Å². The van der Waals surface area contributed by atoms with Crippen LogP contribution in [0.1, 0.15) is 6.92 Å². The fraction of sp³-hybridized carbons (Fsp3) is 0.455. The maximum absolute atomic E-state index is 13.0. The molecule has 0 radical (unpaired) electrons. The van der Waals surface area contributed by atoms with Crippen molar-refractivity contribution in [1.29, 1.82) is 0 Å². The largest absolute Gasteiger partial charge is 0.379 e. The van der Waals surface area contributed by atoms with E-state index in [0.717, 1.165) is 18.7 Å². The number of nitro benzene ring substituents is 1. The maximum atomic E-state index is 13.0. The second-order valence-electron chi connectivity index (χ2n) is 3.96. The normalized spacial score (nSPS) is 12.2. The summed E-state index contributed by atoms with van der Waals surface area (Å²) in [7, 11) is 1.83. The molecule has 0 fully saturated rings. The molecule has 0 bridgehead atoms. The van der Waals surface area contributed by atoms with Crippen LogP contribution in [0.2, 0.25) is 0 Å². The average Bonchev–Trinajstić information content (AvgIpc) is 2.26. The lowest BCUT2D eigenvalue weighted by Crippen LogP contribution is -2.23. The van der Waals surface area contributed by atoms with E-state index in [2.05, 4.69) is 10.6 Å². The number of nitrogens with one attached hydrogen (secondary N) is 2. The van der Waals surface area contributed by atoms with Crippen molar-refractivity contribution in [3.63, 3.8) is 0 Å². The van der Waals surface area contributed by atoms with E-state index in [1.54, 1.807) is 0 Å². The van der Waals surface area contributed by atoms with Crippen molar-refractivity contribution in [2.24, 2.45) is 5.92 Å². The van der Waals surface area contributed by atoms with Gasteiger partial charge in [0.1, 0.15) is 11.5 Å². The summed E-state index contributed by atoms with van der Waals surface area (Å²) in [6, 6.07) is 3.39. The van der Waals surface area contributed by atoms with Crippen LogP contribution in [-0.2, 0) is 0 Å². The average molecular weight is 241 g/mol. The summed E-state index contributed by atoms with van der Waals surface area (Å²) in [5, 5.41) is 16.6. The predicted octanol–water partition coefficient (Wildman–Crippen LogP) is 2.00. The second-order valence-corrected chi connectivity index (χ2v) is 3.96. The number of hydrogen-bond donors (Lipinski definition) is 2. The van der Waals surface area contributed by atoms with Crippen molar-refractivity contribution < 1.29 is 9.31 Å². The molecule has 0 heterocycles. The molecule has 0 spiro atoms. The summed E-state index contributed by atoms with van der Waals surface area (Å²) in [5.74, 6) is -0.192. The van der Waals surface area contributed by atoms with Crippen molar-refractivity contribution in [2.45, 2.75) is 6.92 Å². The fourth-order valence-corrected chi connectivity index (χ4v) is 1.51. The summed E-state index contributed by atoms with van der Waals surface area (Å²) in [4.78, 5) is 10.2. The van der Waals surface area contributed by atoms with Gasteiger partial charge in [0.15, 0.2) is 0 Å². The standard InChI is InChI=1S/C11H16FN3O2/c1-8(6-13-2)7-14-10-5-9(12)3-4-11(10)15(16)17/h3-5,8,13-14H,6-7H2,1-2H3. The van der Waals surface area contributed by atoms with Crippen molar-refractivity contribution >= 4 is 11.4 Å². The number of nitro groups is 1. The van der Waals surface area contributed by atoms with Crippen LogP contribution in [0.15, 0.2) is 18.2 Å². The van der Waals surface area contributed by atoms with Crippen molar-refractivity contribution in [2.75, 3.05) is 25.5 Å². The first-order valence-electron chi connectivity index (χ1n) is 5.37. The number of benzene rings is 1. The topological polar surface area (TPSA) is 67.2 Å². The van der Waals surface area contributed by atoms with E-state index < -0.39 is 10.7 Å². The highest BCUT2D eigenvalue weighted by molar-refractivity contribution is 5.61. The third kappa shape index (κ3) is 3.99. The van der Waals surface area contributed by atoms with Crippen LogP contribution in [0.25, 0.3) is 0 Å². The van der Waals surface area contributed by atoms with Gasteiger partial charge in [-0.1, -0.05) is 6.92 Å². The molecule has 1 unspecified atom stereocenters. The van der Waals surface area contributed by atoms with E-state index in [-0.39, 0.29) is 11.4 Å². The van der Waals surface area contributed by atoms with Crippen LogP contribution < -0.4 is 10.6 Å². The van der Waals surface area contributed by atoms with Crippen molar-refractivity contribution in [1.82, 2.24) is 5.32 Å². The Balaban J connectivity index is 2.75. The molecule has 0 aromatic heterocycles. The molecule has 0 aliphatic carbocycles. The molecule has 0 amide bonds. The summed E-state index contributed by atoms with van der Waals surface area (Å²) in [6.45, 7) is 3.33. The van der Waals surface area contributed by atoms with Crippen LogP contribution in [0.5, 0.6) is 0 Å². The van der Waals surface area contributed by atoms with Gasteiger partial charge < -0.3 is 10.6 Å². The zero-order chi connectivity index (χ0) is 12.8. The maximum Gasteiger partial charge on any atom is 0.292 e. The van der Waals surface area contributed by atoms with Gasteiger partial charge in [-0.15, -0.1) is 0 Å². The number of nitrogens with zero attached hydrogens (tertiary/aromatic N) is 1. The van der Waals surface area contributed by atoms with Gasteiger partial charge in [-0.05, 0) is 25.6 Å². The summed E-state index contributed by atoms with van der Waals surface area (Å²) in [6.07, 6.45) is 0. The molecule has 6 heteroatoms. The Morgan fingerprint density at radius 1 is 1.47 bits per heavy atom. The lowest BCUT2D eigenvalue weighted by molar-refractivity contribution is -0.384. The molecule has 1 aromatic carbocycles. The monoisotopic (exact) mass is 241 g/mol. The van der Waals surface area contributed by atoms with Gasteiger partial charge >= 0.3 is 0 Å². The first-order chi connectivity index (χ1) is 8.04. The van der Waals surface area contributed by atoms with Crippen molar-refractivity contribution in [3.05, 3.63) is 34.1 Å². The molecule has 2 N–H and O–H groups in total. The molecular formula is C11H16FN3O2. The van der Waals surface area contributed by atoms with Crippen LogP contribution >= 0.6 is 0 Å². The highest BCUT2D eigenvalue weighted by atomic mass is 19.1. The minimum Gasteiger partial charge on any atom is -0.379 e. The van der Waals surface area contributed by atoms with Gasteiger partial charge in [-0.25, -0.2) is 4.39 Å². The van der Waals surface area contributed by atoms with E-state index in [1.165, 1.54) is 6.07 Å². The highest BCUT2D eigenvalue weighted by Gasteiger charge is 2.14. The third-order valence-electron chi connectivity index (χ3n) is 2.35. The quantitative estimate of drug-likeness (QED) is 0.590. The summed E-state index contributed by atoms with van der Waals surface area (Å²) < 4.78 is 13.0. The smallest absolute Gasteiger partial charge is 0.292 e. The first-order valence-corrected chi connectivity index (χ1v) is 5.37. The van der Waals surface area contributed by atoms with Gasteiger partial charge in [0.2, 0.25) is 0 Å². The number of rotatable bonds is 6. The minimum atomic E-state index is -0.523. The zero-order valence-corrected chi connectivity index (χ0v) is 9.87. The van der Waals surface area contributed by atoms with Gasteiger partial charge in [-0.2, -0.15) is 0 Å². The Bertz CT molecular complexity index is 398. The van der Waals surface area contributed by atoms with Crippen LogP contribution in [0.4, 0.5) is 15.8 Å². The van der Waals surface area contributed by atoms with Crippen LogP contribution in [-0.4, -0.2) is 25.1 Å². The number of hydrogen-bond acceptors (Lipinski definition) is 4. The van der Waals surface area contributed by atoms with E-state index in [4.69, 9.17) is 0 Å². The lowest BCUT2D eigenvalue weighted by atomic mass is 10.1.